The van der Waals surface area contributed by atoms with Crippen molar-refractivity contribution < 1.29 is 9.84 Å². The Morgan fingerprint density at radius 3 is 2.88 bits per heavy atom. The number of nitrogen functional groups attached to an aromatic ring is 1. The van der Waals surface area contributed by atoms with E-state index >= 15 is 0 Å². The van der Waals surface area contributed by atoms with E-state index in [1.807, 2.05) is 24.3 Å². The van der Waals surface area contributed by atoms with Gasteiger partial charge in [-0.15, -0.1) is 0 Å². The van der Waals surface area contributed by atoms with Crippen molar-refractivity contribution in [3.8, 4) is 0 Å². The molecule has 0 heterocycles. The lowest BCUT2D eigenvalue weighted by molar-refractivity contribution is 0.0594. The number of para-hydroxylation sites is 1. The molecular weight excluding hydrogens is 204 g/mol. The zero-order valence-corrected chi connectivity index (χ0v) is 9.65. The van der Waals surface area contributed by atoms with Gasteiger partial charge in [0, 0.05) is 19.3 Å². The van der Waals surface area contributed by atoms with Gasteiger partial charge in [0.15, 0.2) is 0 Å². The van der Waals surface area contributed by atoms with Crippen molar-refractivity contribution in [3.05, 3.63) is 29.8 Å². The van der Waals surface area contributed by atoms with Crippen molar-refractivity contribution in [1.29, 1.82) is 0 Å². The zero-order valence-electron chi connectivity index (χ0n) is 9.65. The van der Waals surface area contributed by atoms with Crippen molar-refractivity contribution in [2.24, 2.45) is 0 Å². The number of ether oxygens (including phenoxy) is 1. The third-order valence-corrected chi connectivity index (χ3v) is 2.38. The monoisotopic (exact) mass is 224 g/mol. The molecule has 1 rings (SSSR count). The van der Waals surface area contributed by atoms with E-state index in [0.29, 0.717) is 13.0 Å². The molecule has 4 N–H and O–H groups in total. The molecule has 4 heteroatoms. The summed E-state index contributed by atoms with van der Waals surface area (Å²) >= 11 is 0. The van der Waals surface area contributed by atoms with Crippen LogP contribution in [0.2, 0.25) is 0 Å². The second-order valence-electron chi connectivity index (χ2n) is 3.77. The minimum absolute atomic E-state index is 0.384. The maximum absolute atomic E-state index is 9.41. The highest BCUT2D eigenvalue weighted by Crippen LogP contribution is 2.09. The average Bonchev–Trinajstić information content (AvgIpc) is 2.27. The van der Waals surface area contributed by atoms with Crippen LogP contribution < -0.4 is 11.1 Å². The van der Waals surface area contributed by atoms with E-state index in [2.05, 4.69) is 5.32 Å². The van der Waals surface area contributed by atoms with Crippen LogP contribution in [0.4, 0.5) is 5.69 Å². The van der Waals surface area contributed by atoms with Gasteiger partial charge < -0.3 is 20.9 Å². The number of rotatable bonds is 7. The van der Waals surface area contributed by atoms with Crippen LogP contribution in [-0.2, 0) is 11.3 Å². The lowest BCUT2D eigenvalue weighted by atomic mass is 10.2. The van der Waals surface area contributed by atoms with Crippen molar-refractivity contribution in [2.45, 2.75) is 19.1 Å². The third-order valence-electron chi connectivity index (χ3n) is 2.38. The molecule has 0 fully saturated rings. The molecule has 0 aliphatic heterocycles. The minimum atomic E-state index is -0.398. The Hall–Kier alpha value is -1.10. The number of hydrogen-bond donors (Lipinski definition) is 3. The smallest absolute Gasteiger partial charge is 0.0785 e. The van der Waals surface area contributed by atoms with Crippen LogP contribution in [0.3, 0.4) is 0 Å². The van der Waals surface area contributed by atoms with Crippen molar-refractivity contribution in [2.75, 3.05) is 26.0 Å². The second kappa shape index (κ2) is 7.22. The largest absolute Gasteiger partial charge is 0.398 e. The molecule has 0 aliphatic rings. The summed E-state index contributed by atoms with van der Waals surface area (Å²) < 4.78 is 4.84. The highest BCUT2D eigenvalue weighted by atomic mass is 16.5. The molecule has 1 aromatic carbocycles. The summed E-state index contributed by atoms with van der Waals surface area (Å²) in [5.41, 5.74) is 7.69. The first-order chi connectivity index (χ1) is 7.74. The zero-order chi connectivity index (χ0) is 11.8. The molecule has 1 atom stereocenters. The first kappa shape index (κ1) is 13.0. The number of hydrogen-bond acceptors (Lipinski definition) is 4. The Balaban J connectivity index is 2.19. The van der Waals surface area contributed by atoms with E-state index in [4.69, 9.17) is 10.5 Å². The van der Waals surface area contributed by atoms with Crippen molar-refractivity contribution >= 4 is 5.69 Å². The summed E-state index contributed by atoms with van der Waals surface area (Å²) in [6.07, 6.45) is 0.284. The number of aliphatic hydroxyl groups is 1. The maximum atomic E-state index is 9.41. The minimum Gasteiger partial charge on any atom is -0.398 e. The van der Waals surface area contributed by atoms with E-state index in [-0.39, 0.29) is 0 Å². The van der Waals surface area contributed by atoms with Crippen LogP contribution in [0.1, 0.15) is 12.0 Å². The van der Waals surface area contributed by atoms with E-state index < -0.39 is 6.10 Å². The number of methoxy groups -OCH3 is 1. The van der Waals surface area contributed by atoms with Crippen molar-refractivity contribution in [3.63, 3.8) is 0 Å². The van der Waals surface area contributed by atoms with E-state index in [1.165, 1.54) is 0 Å². The summed E-state index contributed by atoms with van der Waals surface area (Å²) in [5, 5.41) is 12.6. The summed E-state index contributed by atoms with van der Waals surface area (Å²) in [6.45, 7) is 1.86. The molecule has 1 unspecified atom stereocenters. The summed E-state index contributed by atoms with van der Waals surface area (Å²) in [6, 6.07) is 7.76. The van der Waals surface area contributed by atoms with Gasteiger partial charge in [0.05, 0.1) is 12.7 Å². The predicted molar refractivity (Wildman–Crippen MR) is 65.1 cm³/mol. The number of nitrogens with one attached hydrogen (secondary N) is 1. The van der Waals surface area contributed by atoms with Gasteiger partial charge in [0.1, 0.15) is 0 Å². The van der Waals surface area contributed by atoms with Crippen LogP contribution in [0, 0.1) is 0 Å². The molecule has 0 amide bonds. The fourth-order valence-electron chi connectivity index (χ4n) is 1.46. The second-order valence-corrected chi connectivity index (χ2v) is 3.77. The molecule has 0 aliphatic carbocycles. The van der Waals surface area contributed by atoms with E-state index in [0.717, 1.165) is 24.3 Å². The summed E-state index contributed by atoms with van der Waals surface area (Å²) in [4.78, 5) is 0. The van der Waals surface area contributed by atoms with Crippen LogP contribution in [0.5, 0.6) is 0 Å². The first-order valence-corrected chi connectivity index (χ1v) is 5.45. The van der Waals surface area contributed by atoms with Gasteiger partial charge in [-0.25, -0.2) is 0 Å². The van der Waals surface area contributed by atoms with Gasteiger partial charge in [-0.2, -0.15) is 0 Å². The molecule has 90 valence electrons. The molecule has 0 spiro atoms. The maximum Gasteiger partial charge on any atom is 0.0785 e. The van der Waals surface area contributed by atoms with Crippen LogP contribution in [0.15, 0.2) is 24.3 Å². The van der Waals surface area contributed by atoms with Crippen LogP contribution in [0.25, 0.3) is 0 Å². The molecule has 1 aromatic rings. The molecule has 0 bridgehead atoms. The fraction of sp³-hybridized carbons (Fsp3) is 0.500. The van der Waals surface area contributed by atoms with Gasteiger partial charge in [-0.3, -0.25) is 0 Å². The number of nitrogens with two attached hydrogens (primary N) is 1. The summed E-state index contributed by atoms with van der Waals surface area (Å²) in [5.74, 6) is 0. The molecule has 0 aromatic heterocycles. The fourth-order valence-corrected chi connectivity index (χ4v) is 1.46. The van der Waals surface area contributed by atoms with E-state index in [9.17, 15) is 5.11 Å². The highest BCUT2D eigenvalue weighted by Gasteiger charge is 2.02. The van der Waals surface area contributed by atoms with E-state index in [1.54, 1.807) is 7.11 Å². The first-order valence-electron chi connectivity index (χ1n) is 5.45. The molecule has 0 saturated heterocycles. The SMILES string of the molecule is COCC(O)CCNCc1ccccc1N. The molecule has 0 saturated carbocycles. The molecule has 0 radical (unpaired) electrons. The Labute approximate surface area is 96.4 Å². The quantitative estimate of drug-likeness (QED) is 0.472. The molecule has 16 heavy (non-hydrogen) atoms. The average molecular weight is 224 g/mol. The predicted octanol–water partition coefficient (Wildman–Crippen LogP) is 0.756. The third kappa shape index (κ3) is 4.61. The summed E-state index contributed by atoms with van der Waals surface area (Å²) in [7, 11) is 1.58. The Morgan fingerprint density at radius 2 is 2.19 bits per heavy atom. The lowest BCUT2D eigenvalue weighted by Gasteiger charge is -2.10. The lowest BCUT2D eigenvalue weighted by Crippen LogP contribution is -2.23. The topological polar surface area (TPSA) is 67.5 Å². The number of anilines is 1. The highest BCUT2D eigenvalue weighted by molar-refractivity contribution is 5.46. The van der Waals surface area contributed by atoms with Gasteiger partial charge in [0.25, 0.3) is 0 Å². The Kier molecular flexibility index (Phi) is 5.85. The van der Waals surface area contributed by atoms with Gasteiger partial charge >= 0.3 is 0 Å². The number of benzene rings is 1. The van der Waals surface area contributed by atoms with Crippen LogP contribution >= 0.6 is 0 Å². The normalized spacial score (nSPS) is 12.6. The standard InChI is InChI=1S/C12H20N2O2/c1-16-9-11(15)6-7-14-8-10-4-2-3-5-12(10)13/h2-5,11,14-15H,6-9,13H2,1H3. The Morgan fingerprint density at radius 1 is 1.44 bits per heavy atom. The van der Waals surface area contributed by atoms with Gasteiger partial charge in [-0.1, -0.05) is 18.2 Å². The van der Waals surface area contributed by atoms with Gasteiger partial charge in [0.2, 0.25) is 0 Å². The molecular formula is C12H20N2O2. The van der Waals surface area contributed by atoms with Crippen LogP contribution in [-0.4, -0.2) is 31.5 Å². The van der Waals surface area contributed by atoms with Crippen molar-refractivity contribution in [1.82, 2.24) is 5.32 Å². The Bertz CT molecular complexity index is 305. The molecule has 4 nitrogen and oxygen atoms in total. The number of aliphatic hydroxyl groups excluding tert-OH is 1. The van der Waals surface area contributed by atoms with Gasteiger partial charge in [-0.05, 0) is 24.6 Å².